The molecule has 0 unspecified atom stereocenters. The molecule has 1 fully saturated rings. The summed E-state index contributed by atoms with van der Waals surface area (Å²) in [4.78, 5) is 4.63. The van der Waals surface area contributed by atoms with Gasteiger partial charge in [-0.05, 0) is 39.5 Å². The summed E-state index contributed by atoms with van der Waals surface area (Å²) in [5.74, 6) is 2.25. The second kappa shape index (κ2) is 8.60. The Kier molecular flexibility index (Phi) is 6.79. The molecular formula is C16H30N4O2. The molecule has 0 saturated heterocycles. The summed E-state index contributed by atoms with van der Waals surface area (Å²) in [6.07, 6.45) is 4.22. The highest BCUT2D eigenvalue weighted by atomic mass is 16.5. The van der Waals surface area contributed by atoms with E-state index in [1.807, 2.05) is 18.5 Å². The number of aryl methyl sites for hydroxylation is 1. The molecule has 1 aliphatic carbocycles. The average Bonchev–Trinajstić information content (AvgIpc) is 2.87. The molecule has 2 N–H and O–H groups in total. The first-order valence-electron chi connectivity index (χ1n) is 8.51. The lowest BCUT2D eigenvalue weighted by atomic mass is 9.83. The molecular weight excluding hydrogens is 280 g/mol. The normalized spacial score (nSPS) is 25.5. The minimum Gasteiger partial charge on any atom is -0.380 e. The van der Waals surface area contributed by atoms with E-state index in [4.69, 9.17) is 15.2 Å². The van der Waals surface area contributed by atoms with E-state index in [1.165, 1.54) is 0 Å². The first-order chi connectivity index (χ1) is 10.7. The standard InChI is InChI=1S/C16H30N4O2/c1-4-9-22-15-7-6-13(11-14(15)17)16-18-12(3)19-20(16)8-10-21-5-2/h13-15H,4-11,17H2,1-3H3/t13-,14+,15+/m0/s1. The monoisotopic (exact) mass is 310 g/mol. The van der Waals surface area contributed by atoms with Gasteiger partial charge in [0.05, 0.1) is 19.3 Å². The Hall–Kier alpha value is -0.980. The van der Waals surface area contributed by atoms with Crippen LogP contribution in [-0.2, 0) is 16.0 Å². The van der Waals surface area contributed by atoms with Crippen LogP contribution in [0.25, 0.3) is 0 Å². The lowest BCUT2D eigenvalue weighted by Gasteiger charge is -2.33. The van der Waals surface area contributed by atoms with E-state index in [2.05, 4.69) is 17.0 Å². The molecule has 0 aliphatic heterocycles. The SMILES string of the molecule is CCCO[C@@H]1CC[C@H](c2nc(C)nn2CCOCC)C[C@H]1N. The molecule has 3 atom stereocenters. The largest absolute Gasteiger partial charge is 0.380 e. The van der Waals surface area contributed by atoms with Crippen LogP contribution in [0.2, 0.25) is 0 Å². The average molecular weight is 310 g/mol. The topological polar surface area (TPSA) is 75.2 Å². The van der Waals surface area contributed by atoms with Gasteiger partial charge in [0.15, 0.2) is 0 Å². The van der Waals surface area contributed by atoms with Crippen LogP contribution in [0.1, 0.15) is 57.1 Å². The maximum Gasteiger partial charge on any atom is 0.147 e. The zero-order valence-electron chi connectivity index (χ0n) is 14.1. The number of nitrogens with zero attached hydrogens (tertiary/aromatic N) is 3. The fourth-order valence-electron chi connectivity index (χ4n) is 3.12. The zero-order valence-corrected chi connectivity index (χ0v) is 14.1. The number of hydrogen-bond acceptors (Lipinski definition) is 5. The molecule has 0 aromatic carbocycles. The van der Waals surface area contributed by atoms with E-state index >= 15 is 0 Å². The molecule has 2 rings (SSSR count). The van der Waals surface area contributed by atoms with Crippen LogP contribution in [0.4, 0.5) is 0 Å². The fraction of sp³-hybridized carbons (Fsp3) is 0.875. The van der Waals surface area contributed by atoms with Crippen molar-refractivity contribution in [1.29, 1.82) is 0 Å². The second-order valence-corrected chi connectivity index (χ2v) is 6.02. The molecule has 1 aliphatic rings. The van der Waals surface area contributed by atoms with Gasteiger partial charge < -0.3 is 15.2 Å². The molecule has 1 aromatic heterocycles. The van der Waals surface area contributed by atoms with Gasteiger partial charge in [0, 0.05) is 25.2 Å². The molecule has 126 valence electrons. The highest BCUT2D eigenvalue weighted by Crippen LogP contribution is 2.32. The van der Waals surface area contributed by atoms with Gasteiger partial charge in [0.25, 0.3) is 0 Å². The lowest BCUT2D eigenvalue weighted by molar-refractivity contribution is 0.0105. The smallest absolute Gasteiger partial charge is 0.147 e. The van der Waals surface area contributed by atoms with E-state index in [1.54, 1.807) is 0 Å². The third-order valence-electron chi connectivity index (χ3n) is 4.19. The number of aromatic nitrogens is 3. The molecule has 0 amide bonds. The van der Waals surface area contributed by atoms with Crippen molar-refractivity contribution < 1.29 is 9.47 Å². The number of hydrogen-bond donors (Lipinski definition) is 1. The van der Waals surface area contributed by atoms with E-state index in [0.29, 0.717) is 12.5 Å². The molecule has 1 aromatic rings. The van der Waals surface area contributed by atoms with Crippen molar-refractivity contribution in [3.63, 3.8) is 0 Å². The predicted molar refractivity (Wildman–Crippen MR) is 85.9 cm³/mol. The fourth-order valence-corrected chi connectivity index (χ4v) is 3.12. The van der Waals surface area contributed by atoms with Crippen LogP contribution in [-0.4, -0.2) is 46.7 Å². The number of nitrogens with two attached hydrogens (primary N) is 1. The van der Waals surface area contributed by atoms with Gasteiger partial charge in [-0.3, -0.25) is 0 Å². The molecule has 6 heteroatoms. The summed E-state index contributed by atoms with van der Waals surface area (Å²) in [6, 6.07) is 0.0858. The van der Waals surface area contributed by atoms with Crippen molar-refractivity contribution >= 4 is 0 Å². The van der Waals surface area contributed by atoms with E-state index in [9.17, 15) is 0 Å². The van der Waals surface area contributed by atoms with Gasteiger partial charge in [0.2, 0.25) is 0 Å². The second-order valence-electron chi connectivity index (χ2n) is 6.02. The zero-order chi connectivity index (χ0) is 15.9. The Bertz CT molecular complexity index is 449. The van der Waals surface area contributed by atoms with Gasteiger partial charge >= 0.3 is 0 Å². The highest BCUT2D eigenvalue weighted by molar-refractivity contribution is 5.04. The van der Waals surface area contributed by atoms with E-state index in [0.717, 1.165) is 57.1 Å². The maximum atomic E-state index is 6.32. The van der Waals surface area contributed by atoms with Crippen molar-refractivity contribution in [2.75, 3.05) is 19.8 Å². The van der Waals surface area contributed by atoms with Crippen LogP contribution < -0.4 is 5.73 Å². The summed E-state index contributed by atoms with van der Waals surface area (Å²) in [5, 5.41) is 4.50. The first-order valence-corrected chi connectivity index (χ1v) is 8.51. The van der Waals surface area contributed by atoms with Crippen molar-refractivity contribution in [3.05, 3.63) is 11.6 Å². The van der Waals surface area contributed by atoms with Crippen LogP contribution in [0.5, 0.6) is 0 Å². The van der Waals surface area contributed by atoms with Gasteiger partial charge in [0.1, 0.15) is 11.6 Å². The summed E-state index contributed by atoms with van der Waals surface area (Å²) in [5.41, 5.74) is 6.32. The molecule has 0 spiro atoms. The quantitative estimate of drug-likeness (QED) is 0.743. The van der Waals surface area contributed by atoms with Gasteiger partial charge in [-0.25, -0.2) is 9.67 Å². The number of rotatable bonds is 8. The molecule has 1 heterocycles. The minimum atomic E-state index is 0.0858. The Morgan fingerprint density at radius 1 is 1.27 bits per heavy atom. The summed E-state index contributed by atoms with van der Waals surface area (Å²) < 4.78 is 13.3. The molecule has 22 heavy (non-hydrogen) atoms. The van der Waals surface area contributed by atoms with Crippen LogP contribution >= 0.6 is 0 Å². The van der Waals surface area contributed by atoms with E-state index in [-0.39, 0.29) is 12.1 Å². The molecule has 6 nitrogen and oxygen atoms in total. The maximum absolute atomic E-state index is 6.32. The van der Waals surface area contributed by atoms with Crippen molar-refractivity contribution in [2.45, 2.75) is 71.1 Å². The third kappa shape index (κ3) is 4.51. The molecule has 0 radical (unpaired) electrons. The summed E-state index contributed by atoms with van der Waals surface area (Å²) >= 11 is 0. The highest BCUT2D eigenvalue weighted by Gasteiger charge is 2.32. The Balaban J connectivity index is 1.97. The molecule has 0 bridgehead atoms. The summed E-state index contributed by atoms with van der Waals surface area (Å²) in [7, 11) is 0. The summed E-state index contributed by atoms with van der Waals surface area (Å²) in [6.45, 7) is 9.03. The van der Waals surface area contributed by atoms with Crippen molar-refractivity contribution in [1.82, 2.24) is 14.8 Å². The van der Waals surface area contributed by atoms with Crippen molar-refractivity contribution in [3.8, 4) is 0 Å². The number of ether oxygens (including phenoxy) is 2. The van der Waals surface area contributed by atoms with E-state index < -0.39 is 0 Å². The minimum absolute atomic E-state index is 0.0858. The predicted octanol–water partition coefficient (Wildman–Crippen LogP) is 2.01. The van der Waals surface area contributed by atoms with Gasteiger partial charge in [-0.15, -0.1) is 0 Å². The van der Waals surface area contributed by atoms with Crippen molar-refractivity contribution in [2.24, 2.45) is 5.73 Å². The Morgan fingerprint density at radius 2 is 2.09 bits per heavy atom. The Labute approximate surface area is 133 Å². The Morgan fingerprint density at radius 3 is 2.77 bits per heavy atom. The molecule has 1 saturated carbocycles. The van der Waals surface area contributed by atoms with Crippen LogP contribution in [0.15, 0.2) is 0 Å². The van der Waals surface area contributed by atoms with Crippen LogP contribution in [0.3, 0.4) is 0 Å². The van der Waals surface area contributed by atoms with Gasteiger partial charge in [-0.1, -0.05) is 6.92 Å². The van der Waals surface area contributed by atoms with Crippen LogP contribution in [0, 0.1) is 6.92 Å². The lowest BCUT2D eigenvalue weighted by Crippen LogP contribution is -2.42. The van der Waals surface area contributed by atoms with Gasteiger partial charge in [-0.2, -0.15) is 5.10 Å². The first kappa shape index (κ1) is 17.4. The third-order valence-corrected chi connectivity index (χ3v) is 4.19.